The largest absolute Gasteiger partial charge is 0.371 e. The predicted octanol–water partition coefficient (Wildman–Crippen LogP) is 3.94. The lowest BCUT2D eigenvalue weighted by Crippen LogP contribution is -2.26. The van der Waals surface area contributed by atoms with Gasteiger partial charge in [-0.15, -0.1) is 0 Å². The molecule has 0 spiro atoms. The molecule has 0 radical (unpaired) electrons. The molecular weight excluding hydrogens is 364 g/mol. The van der Waals surface area contributed by atoms with Crippen molar-refractivity contribution in [1.82, 2.24) is 15.5 Å². The molecule has 0 bridgehead atoms. The summed E-state index contributed by atoms with van der Waals surface area (Å²) < 4.78 is 1.14. The second-order valence-corrected chi connectivity index (χ2v) is 7.42. The van der Waals surface area contributed by atoms with Gasteiger partial charge < -0.3 is 10.2 Å². The van der Waals surface area contributed by atoms with Crippen molar-refractivity contribution < 1.29 is 0 Å². The van der Waals surface area contributed by atoms with Gasteiger partial charge in [-0.2, -0.15) is 5.10 Å². The minimum Gasteiger partial charge on any atom is -0.371 e. The molecule has 2 aromatic carbocycles. The summed E-state index contributed by atoms with van der Waals surface area (Å²) in [5.74, 6) is 0.713. The lowest BCUT2D eigenvalue weighted by atomic mass is 10.1. The van der Waals surface area contributed by atoms with E-state index in [-0.39, 0.29) is 0 Å². The van der Waals surface area contributed by atoms with Crippen LogP contribution in [-0.2, 0) is 6.54 Å². The Morgan fingerprint density at radius 2 is 2.08 bits per heavy atom. The summed E-state index contributed by atoms with van der Waals surface area (Å²) in [4.78, 5) is 2.48. The molecule has 1 saturated heterocycles. The highest BCUT2D eigenvalue weighted by atomic mass is 79.9. The summed E-state index contributed by atoms with van der Waals surface area (Å²) in [6, 6.07) is 15.1. The van der Waals surface area contributed by atoms with Crippen molar-refractivity contribution >= 4 is 32.5 Å². The predicted molar refractivity (Wildman–Crippen MR) is 102 cm³/mol. The van der Waals surface area contributed by atoms with E-state index in [2.05, 4.69) is 78.8 Å². The number of aromatic nitrogens is 2. The Balaban J connectivity index is 1.28. The summed E-state index contributed by atoms with van der Waals surface area (Å²) in [6.07, 6.45) is 3.12. The summed E-state index contributed by atoms with van der Waals surface area (Å²) in [5, 5.41) is 11.9. The Labute approximate surface area is 150 Å². The van der Waals surface area contributed by atoms with Crippen LogP contribution in [0.5, 0.6) is 0 Å². The minimum absolute atomic E-state index is 0.713. The maximum absolute atomic E-state index is 4.07. The van der Waals surface area contributed by atoms with Crippen molar-refractivity contribution in [2.24, 2.45) is 5.92 Å². The molecule has 3 aromatic rings. The second-order valence-electron chi connectivity index (χ2n) is 6.50. The Morgan fingerprint density at radius 1 is 1.21 bits per heavy atom. The Morgan fingerprint density at radius 3 is 2.96 bits per heavy atom. The number of aromatic amines is 1. The smallest absolute Gasteiger partial charge is 0.0653 e. The first-order valence-electron chi connectivity index (χ1n) is 8.41. The van der Waals surface area contributed by atoms with Crippen LogP contribution in [0.25, 0.3) is 10.9 Å². The third-order valence-corrected chi connectivity index (χ3v) is 5.27. The molecule has 4 rings (SSSR count). The molecule has 1 aromatic heterocycles. The normalized spacial score (nSPS) is 17.7. The minimum atomic E-state index is 0.713. The number of rotatable bonds is 5. The molecule has 4 nitrogen and oxygen atoms in total. The molecule has 1 fully saturated rings. The average Bonchev–Trinajstić information content (AvgIpc) is 3.24. The van der Waals surface area contributed by atoms with Crippen molar-refractivity contribution in [3.8, 4) is 0 Å². The van der Waals surface area contributed by atoms with Crippen LogP contribution in [0.1, 0.15) is 12.0 Å². The van der Waals surface area contributed by atoms with E-state index in [9.17, 15) is 0 Å². The first-order valence-corrected chi connectivity index (χ1v) is 9.20. The number of H-pyrrole nitrogens is 1. The molecule has 0 saturated carbocycles. The highest BCUT2D eigenvalue weighted by Crippen LogP contribution is 2.25. The SMILES string of the molecule is Brc1ccc(N2CCC(CNCc3ccc4cn[nH]c4c3)C2)cc1. The van der Waals surface area contributed by atoms with E-state index in [0.717, 1.165) is 36.2 Å². The fourth-order valence-electron chi connectivity index (χ4n) is 3.40. The van der Waals surface area contributed by atoms with Crippen LogP contribution in [-0.4, -0.2) is 29.8 Å². The molecule has 2 N–H and O–H groups in total. The molecule has 1 aliphatic heterocycles. The van der Waals surface area contributed by atoms with Crippen molar-refractivity contribution in [2.45, 2.75) is 13.0 Å². The second kappa shape index (κ2) is 6.95. The van der Waals surface area contributed by atoms with Crippen LogP contribution in [0.2, 0.25) is 0 Å². The number of hydrogen-bond donors (Lipinski definition) is 2. The highest BCUT2D eigenvalue weighted by Gasteiger charge is 2.22. The zero-order valence-electron chi connectivity index (χ0n) is 13.5. The van der Waals surface area contributed by atoms with Gasteiger partial charge in [-0.05, 0) is 48.2 Å². The Bertz CT molecular complexity index is 812. The van der Waals surface area contributed by atoms with E-state index in [1.807, 2.05) is 6.20 Å². The lowest BCUT2D eigenvalue weighted by molar-refractivity contribution is 0.517. The monoisotopic (exact) mass is 384 g/mol. The quantitative estimate of drug-likeness (QED) is 0.699. The summed E-state index contributed by atoms with van der Waals surface area (Å²) in [5.41, 5.74) is 3.73. The highest BCUT2D eigenvalue weighted by molar-refractivity contribution is 9.10. The van der Waals surface area contributed by atoms with Gasteiger partial charge in [0.2, 0.25) is 0 Å². The van der Waals surface area contributed by atoms with Gasteiger partial charge in [0, 0.05) is 41.7 Å². The van der Waals surface area contributed by atoms with E-state index in [0.29, 0.717) is 5.92 Å². The zero-order valence-corrected chi connectivity index (χ0v) is 15.1. The standard InChI is InChI=1S/C19H21BrN4/c20-17-3-5-18(6-4-17)24-8-7-15(13-24)11-21-10-14-1-2-16-12-22-23-19(16)9-14/h1-6,9,12,15,21H,7-8,10-11,13H2,(H,22,23). The first kappa shape index (κ1) is 15.7. The lowest BCUT2D eigenvalue weighted by Gasteiger charge is -2.19. The van der Waals surface area contributed by atoms with E-state index in [4.69, 9.17) is 0 Å². The van der Waals surface area contributed by atoms with E-state index in [1.165, 1.54) is 23.1 Å². The number of nitrogens with one attached hydrogen (secondary N) is 2. The third-order valence-electron chi connectivity index (χ3n) is 4.75. The average molecular weight is 385 g/mol. The topological polar surface area (TPSA) is 44.0 Å². The number of halogens is 1. The number of benzene rings is 2. The van der Waals surface area contributed by atoms with Gasteiger partial charge in [-0.25, -0.2) is 0 Å². The molecule has 24 heavy (non-hydrogen) atoms. The van der Waals surface area contributed by atoms with E-state index in [1.54, 1.807) is 0 Å². The van der Waals surface area contributed by atoms with Gasteiger partial charge >= 0.3 is 0 Å². The van der Waals surface area contributed by atoms with Crippen LogP contribution < -0.4 is 10.2 Å². The fourth-order valence-corrected chi connectivity index (χ4v) is 3.66. The molecule has 1 atom stereocenters. The zero-order chi connectivity index (χ0) is 16.4. The molecular formula is C19H21BrN4. The maximum Gasteiger partial charge on any atom is 0.0653 e. The van der Waals surface area contributed by atoms with Crippen molar-refractivity contribution in [3.63, 3.8) is 0 Å². The van der Waals surface area contributed by atoms with Gasteiger partial charge in [0.15, 0.2) is 0 Å². The number of nitrogens with zero attached hydrogens (tertiary/aromatic N) is 2. The van der Waals surface area contributed by atoms with Crippen molar-refractivity contribution in [2.75, 3.05) is 24.5 Å². The van der Waals surface area contributed by atoms with Gasteiger partial charge in [0.1, 0.15) is 0 Å². The number of anilines is 1. The molecule has 2 heterocycles. The molecule has 124 valence electrons. The van der Waals surface area contributed by atoms with Gasteiger partial charge in [0.25, 0.3) is 0 Å². The van der Waals surface area contributed by atoms with Gasteiger partial charge in [-0.3, -0.25) is 5.10 Å². The third kappa shape index (κ3) is 3.47. The number of hydrogen-bond acceptors (Lipinski definition) is 3. The summed E-state index contributed by atoms with van der Waals surface area (Å²) >= 11 is 3.50. The molecule has 1 aliphatic rings. The van der Waals surface area contributed by atoms with Crippen molar-refractivity contribution in [1.29, 1.82) is 0 Å². The van der Waals surface area contributed by atoms with Crippen LogP contribution in [0.4, 0.5) is 5.69 Å². The van der Waals surface area contributed by atoms with Crippen LogP contribution in [0.3, 0.4) is 0 Å². The van der Waals surface area contributed by atoms with Crippen LogP contribution >= 0.6 is 15.9 Å². The van der Waals surface area contributed by atoms with Crippen molar-refractivity contribution in [3.05, 3.63) is 58.7 Å². The Hall–Kier alpha value is -1.85. The Kier molecular flexibility index (Phi) is 4.54. The summed E-state index contributed by atoms with van der Waals surface area (Å²) in [7, 11) is 0. The van der Waals surface area contributed by atoms with Crippen LogP contribution in [0, 0.1) is 5.92 Å². The van der Waals surface area contributed by atoms with Crippen LogP contribution in [0.15, 0.2) is 53.1 Å². The van der Waals surface area contributed by atoms with Gasteiger partial charge in [0.05, 0.1) is 11.7 Å². The maximum atomic E-state index is 4.07. The van der Waals surface area contributed by atoms with E-state index >= 15 is 0 Å². The fraction of sp³-hybridized carbons (Fsp3) is 0.316. The molecule has 5 heteroatoms. The number of fused-ring (bicyclic) bond motifs is 1. The molecule has 0 amide bonds. The first-order chi connectivity index (χ1) is 11.8. The van der Waals surface area contributed by atoms with E-state index < -0.39 is 0 Å². The molecule has 0 aliphatic carbocycles. The molecule has 1 unspecified atom stereocenters. The van der Waals surface area contributed by atoms with Gasteiger partial charge in [-0.1, -0.05) is 28.1 Å². The summed E-state index contributed by atoms with van der Waals surface area (Å²) in [6.45, 7) is 4.25.